The smallest absolute Gasteiger partial charge is 0.182 e. The molecule has 0 atom stereocenters. The molecule has 4 nitrogen and oxygen atoms in total. The van der Waals surface area contributed by atoms with Gasteiger partial charge in [-0.1, -0.05) is 54.6 Å². The number of hydrogen-bond acceptors (Lipinski definition) is 4. The van der Waals surface area contributed by atoms with Crippen molar-refractivity contribution in [3.05, 3.63) is 113 Å². The molecule has 0 fully saturated rings. The van der Waals surface area contributed by atoms with Crippen molar-refractivity contribution >= 4 is 11.5 Å². The maximum absolute atomic E-state index is 14.4. The van der Waals surface area contributed by atoms with Gasteiger partial charge in [-0.2, -0.15) is 0 Å². The Morgan fingerprint density at radius 2 is 1.26 bits per heavy atom. The van der Waals surface area contributed by atoms with Gasteiger partial charge in [0, 0.05) is 16.8 Å². The van der Waals surface area contributed by atoms with Gasteiger partial charge in [-0.3, -0.25) is 4.79 Å². The number of hydrogen-bond donors (Lipinski definition) is 3. The highest BCUT2D eigenvalue weighted by atomic mass is 16.3. The standard InChI is InChI=1S/C27H21NO3/c1-16-4-2-6-22-24(16)25-21(5-3-7-23(25)28)26(31)27(22,17-8-12-19(29)13-9-17)18-10-14-20(30)15-11-18/h2-15,29-30H,28H2,1H3. The van der Waals surface area contributed by atoms with Gasteiger partial charge in [-0.25, -0.2) is 0 Å². The number of ketones is 1. The molecule has 0 aliphatic heterocycles. The molecule has 0 spiro atoms. The monoisotopic (exact) mass is 407 g/mol. The third kappa shape index (κ3) is 2.58. The fourth-order valence-corrected chi connectivity index (χ4v) is 4.84. The van der Waals surface area contributed by atoms with Gasteiger partial charge >= 0.3 is 0 Å². The Balaban J connectivity index is 1.98. The summed E-state index contributed by atoms with van der Waals surface area (Å²) < 4.78 is 0. The zero-order chi connectivity index (χ0) is 21.8. The molecule has 0 amide bonds. The van der Waals surface area contributed by atoms with Crippen molar-refractivity contribution in [2.45, 2.75) is 12.3 Å². The van der Waals surface area contributed by atoms with Crippen molar-refractivity contribution in [2.75, 3.05) is 5.73 Å². The van der Waals surface area contributed by atoms with Crippen molar-refractivity contribution in [1.82, 2.24) is 0 Å². The number of rotatable bonds is 2. The van der Waals surface area contributed by atoms with Crippen LogP contribution in [-0.2, 0) is 5.41 Å². The number of aromatic hydroxyl groups is 2. The molecule has 1 aliphatic rings. The van der Waals surface area contributed by atoms with E-state index in [1.54, 1.807) is 54.6 Å². The summed E-state index contributed by atoms with van der Waals surface area (Å²) in [5, 5.41) is 19.8. The molecule has 0 unspecified atom stereocenters. The molecule has 0 bridgehead atoms. The quantitative estimate of drug-likeness (QED) is 0.400. The van der Waals surface area contributed by atoms with Crippen molar-refractivity contribution in [3.63, 3.8) is 0 Å². The van der Waals surface area contributed by atoms with Crippen molar-refractivity contribution in [1.29, 1.82) is 0 Å². The Bertz CT molecular complexity index is 1280. The Kier molecular flexibility index (Phi) is 4.12. The second-order valence-corrected chi connectivity index (χ2v) is 7.94. The largest absolute Gasteiger partial charge is 0.508 e. The van der Waals surface area contributed by atoms with Crippen LogP contribution < -0.4 is 5.73 Å². The first-order valence-electron chi connectivity index (χ1n) is 10.1. The number of fused-ring (bicyclic) bond motifs is 3. The number of Topliss-reactive ketones (excluding diaryl/α,β-unsaturated/α-hetero) is 1. The summed E-state index contributed by atoms with van der Waals surface area (Å²) in [5.41, 5.74) is 11.4. The van der Waals surface area contributed by atoms with E-state index < -0.39 is 5.41 Å². The molecule has 5 rings (SSSR count). The molecule has 0 aromatic heterocycles. The van der Waals surface area contributed by atoms with Crippen LogP contribution in [0, 0.1) is 6.92 Å². The molecule has 4 N–H and O–H groups in total. The summed E-state index contributed by atoms with van der Waals surface area (Å²) in [6.45, 7) is 2.02. The van der Waals surface area contributed by atoms with Crippen LogP contribution in [0.1, 0.15) is 32.6 Å². The number of phenols is 2. The third-order valence-electron chi connectivity index (χ3n) is 6.21. The number of carbonyl (C=O) groups is 1. The van der Waals surface area contributed by atoms with Gasteiger partial charge < -0.3 is 15.9 Å². The molecule has 31 heavy (non-hydrogen) atoms. The average Bonchev–Trinajstić information content (AvgIpc) is 2.76. The number of nitrogens with two attached hydrogens (primary N) is 1. The van der Waals surface area contributed by atoms with Gasteiger partial charge in [-0.15, -0.1) is 0 Å². The Hall–Kier alpha value is -4.05. The van der Waals surface area contributed by atoms with Crippen molar-refractivity contribution in [3.8, 4) is 22.6 Å². The third-order valence-corrected chi connectivity index (χ3v) is 6.21. The Morgan fingerprint density at radius 3 is 1.84 bits per heavy atom. The normalized spacial score (nSPS) is 14.0. The number of carbonyl (C=O) groups excluding carboxylic acids is 1. The van der Waals surface area contributed by atoms with E-state index in [4.69, 9.17) is 5.73 Å². The minimum atomic E-state index is -1.15. The minimum Gasteiger partial charge on any atom is -0.508 e. The minimum absolute atomic E-state index is 0.0933. The Morgan fingerprint density at radius 1 is 0.710 bits per heavy atom. The number of aryl methyl sites for hydroxylation is 1. The zero-order valence-electron chi connectivity index (χ0n) is 17.0. The van der Waals surface area contributed by atoms with Crippen LogP contribution in [0.5, 0.6) is 11.5 Å². The second kappa shape index (κ2) is 6.74. The van der Waals surface area contributed by atoms with Gasteiger partial charge in [0.1, 0.15) is 16.9 Å². The van der Waals surface area contributed by atoms with E-state index in [1.165, 1.54) is 0 Å². The lowest BCUT2D eigenvalue weighted by Gasteiger charge is -2.40. The van der Waals surface area contributed by atoms with Crippen LogP contribution in [0.2, 0.25) is 0 Å². The van der Waals surface area contributed by atoms with E-state index in [9.17, 15) is 15.0 Å². The van der Waals surface area contributed by atoms with Gasteiger partial charge in [0.2, 0.25) is 0 Å². The molecule has 4 aromatic carbocycles. The van der Waals surface area contributed by atoms with Crippen molar-refractivity contribution < 1.29 is 15.0 Å². The van der Waals surface area contributed by atoms with Gasteiger partial charge in [0.25, 0.3) is 0 Å². The average molecular weight is 407 g/mol. The number of phenolic OH excluding ortho intramolecular Hbond substituents is 2. The van der Waals surface area contributed by atoms with Crippen LogP contribution in [-0.4, -0.2) is 16.0 Å². The predicted octanol–water partition coefficient (Wildman–Crippen LogP) is 5.19. The fraction of sp³-hybridized carbons (Fsp3) is 0.0741. The highest BCUT2D eigenvalue weighted by Gasteiger charge is 2.49. The topological polar surface area (TPSA) is 83.6 Å². The maximum Gasteiger partial charge on any atom is 0.182 e. The van der Waals surface area contributed by atoms with E-state index in [-0.39, 0.29) is 17.3 Å². The fourth-order valence-electron chi connectivity index (χ4n) is 4.84. The molecule has 0 saturated carbocycles. The zero-order valence-corrected chi connectivity index (χ0v) is 17.0. The second-order valence-electron chi connectivity index (χ2n) is 7.94. The predicted molar refractivity (Wildman–Crippen MR) is 121 cm³/mol. The summed E-state index contributed by atoms with van der Waals surface area (Å²) in [7, 11) is 0. The van der Waals surface area contributed by atoms with Crippen LogP contribution in [0.25, 0.3) is 11.1 Å². The van der Waals surface area contributed by atoms with E-state index in [2.05, 4.69) is 0 Å². The summed E-state index contributed by atoms with van der Waals surface area (Å²) in [6, 6.07) is 24.9. The summed E-state index contributed by atoms with van der Waals surface area (Å²) in [6.07, 6.45) is 0. The van der Waals surface area contributed by atoms with E-state index >= 15 is 0 Å². The van der Waals surface area contributed by atoms with Crippen LogP contribution in [0.3, 0.4) is 0 Å². The highest BCUT2D eigenvalue weighted by molar-refractivity contribution is 6.18. The lowest BCUT2D eigenvalue weighted by molar-refractivity contribution is 0.0933. The molecule has 0 radical (unpaired) electrons. The lowest BCUT2D eigenvalue weighted by Crippen LogP contribution is -2.42. The first-order valence-corrected chi connectivity index (χ1v) is 10.1. The lowest BCUT2D eigenvalue weighted by atomic mass is 9.59. The summed E-state index contributed by atoms with van der Waals surface area (Å²) >= 11 is 0. The molecular weight excluding hydrogens is 386 g/mol. The van der Waals surface area contributed by atoms with Gasteiger partial charge in [0.05, 0.1) is 0 Å². The van der Waals surface area contributed by atoms with E-state index in [1.807, 2.05) is 37.3 Å². The highest BCUT2D eigenvalue weighted by Crippen LogP contribution is 2.53. The number of benzene rings is 4. The molecule has 0 heterocycles. The van der Waals surface area contributed by atoms with Crippen LogP contribution in [0.15, 0.2) is 84.9 Å². The van der Waals surface area contributed by atoms with Crippen LogP contribution >= 0.6 is 0 Å². The molecule has 0 saturated heterocycles. The first-order chi connectivity index (χ1) is 14.9. The molecule has 4 heteroatoms. The van der Waals surface area contributed by atoms with Crippen molar-refractivity contribution in [2.24, 2.45) is 0 Å². The SMILES string of the molecule is Cc1cccc2c1-c1c(N)cccc1C(=O)C2(c1ccc(O)cc1)c1ccc(O)cc1. The first kappa shape index (κ1) is 18.9. The van der Waals surface area contributed by atoms with E-state index in [0.29, 0.717) is 11.3 Å². The number of nitrogen functional groups attached to an aromatic ring is 1. The molecule has 152 valence electrons. The maximum atomic E-state index is 14.4. The summed E-state index contributed by atoms with van der Waals surface area (Å²) in [4.78, 5) is 14.4. The molecular formula is C27H21NO3. The summed E-state index contributed by atoms with van der Waals surface area (Å²) in [5.74, 6) is 0.160. The molecule has 1 aliphatic carbocycles. The van der Waals surface area contributed by atoms with Gasteiger partial charge in [0.15, 0.2) is 5.78 Å². The van der Waals surface area contributed by atoms with Gasteiger partial charge in [-0.05, 0) is 65.1 Å². The Labute approximate surface area is 180 Å². The number of anilines is 1. The van der Waals surface area contributed by atoms with Crippen LogP contribution in [0.4, 0.5) is 5.69 Å². The molecule has 4 aromatic rings. The van der Waals surface area contributed by atoms with E-state index in [0.717, 1.165) is 33.4 Å².